The van der Waals surface area contributed by atoms with Crippen LogP contribution in [0.3, 0.4) is 0 Å². The fourth-order valence-electron chi connectivity index (χ4n) is 2.48. The van der Waals surface area contributed by atoms with Gasteiger partial charge in [-0.15, -0.1) is 0 Å². The minimum Gasteiger partial charge on any atom is -0.404 e. The monoisotopic (exact) mass is 334 g/mol. The Morgan fingerprint density at radius 1 is 1.29 bits per heavy atom. The van der Waals surface area contributed by atoms with E-state index in [1.807, 2.05) is 12.3 Å². The zero-order valence-electron chi connectivity index (χ0n) is 15.8. The van der Waals surface area contributed by atoms with Crippen molar-refractivity contribution >= 4 is 13.3 Å². The van der Waals surface area contributed by atoms with E-state index < -0.39 is 0 Å². The van der Waals surface area contributed by atoms with E-state index in [9.17, 15) is 0 Å². The molecule has 0 aromatic carbocycles. The quantitative estimate of drug-likeness (QED) is 0.574. The van der Waals surface area contributed by atoms with Crippen LogP contribution in [0.25, 0.3) is 0 Å². The van der Waals surface area contributed by atoms with Crippen molar-refractivity contribution in [3.63, 3.8) is 0 Å². The van der Waals surface area contributed by atoms with E-state index in [4.69, 9.17) is 19.8 Å². The maximum atomic E-state index is 6.15. The Morgan fingerprint density at radius 2 is 1.88 bits per heavy atom. The van der Waals surface area contributed by atoms with Crippen molar-refractivity contribution < 1.29 is 14.0 Å². The van der Waals surface area contributed by atoms with Crippen LogP contribution in [-0.2, 0) is 14.0 Å². The second kappa shape index (κ2) is 7.42. The normalized spacial score (nSPS) is 25.5. The molecule has 0 bridgehead atoms. The van der Waals surface area contributed by atoms with Crippen molar-refractivity contribution in [2.45, 2.75) is 77.2 Å². The molecule has 0 spiro atoms. The van der Waals surface area contributed by atoms with Gasteiger partial charge in [0.2, 0.25) is 0 Å². The van der Waals surface area contributed by atoms with Crippen LogP contribution >= 0.6 is 0 Å². The molecule has 1 aliphatic carbocycles. The molecular formula is C18H31BN2O3. The summed E-state index contributed by atoms with van der Waals surface area (Å²) in [4.78, 5) is 4.51. The standard InChI is InChI=1S/C18H31BN2O3/c1-7-14(19-23-17(2,3)18(4,5)24-19)10-16(22-6)13(11-20)12-21-15-8-9-15/h10-12,15-16H,7-9,20H2,1-6H3/b13-11+,14-10+,21-12?. The van der Waals surface area contributed by atoms with Crippen molar-refractivity contribution in [3.8, 4) is 0 Å². The first kappa shape index (κ1) is 19.2. The van der Waals surface area contributed by atoms with E-state index in [0.29, 0.717) is 6.04 Å². The van der Waals surface area contributed by atoms with Gasteiger partial charge in [-0.25, -0.2) is 0 Å². The van der Waals surface area contributed by atoms with Crippen molar-refractivity contribution in [1.29, 1.82) is 0 Å². The molecular weight excluding hydrogens is 303 g/mol. The number of nitrogens with two attached hydrogens (primary N) is 1. The van der Waals surface area contributed by atoms with Gasteiger partial charge in [0.25, 0.3) is 0 Å². The maximum absolute atomic E-state index is 6.15. The van der Waals surface area contributed by atoms with Crippen LogP contribution in [0.4, 0.5) is 0 Å². The third-order valence-electron chi connectivity index (χ3n) is 5.09. The third-order valence-corrected chi connectivity index (χ3v) is 5.09. The Kier molecular flexibility index (Phi) is 5.94. The molecule has 2 aliphatic rings. The second-order valence-corrected chi connectivity index (χ2v) is 7.52. The lowest BCUT2D eigenvalue weighted by Crippen LogP contribution is -2.41. The Bertz CT molecular complexity index is 520. The number of allylic oxidation sites excluding steroid dienone is 1. The van der Waals surface area contributed by atoms with Gasteiger partial charge in [-0.3, -0.25) is 4.99 Å². The van der Waals surface area contributed by atoms with Gasteiger partial charge in [0, 0.05) is 25.1 Å². The molecule has 5 nitrogen and oxygen atoms in total. The summed E-state index contributed by atoms with van der Waals surface area (Å²) in [6.45, 7) is 10.3. The molecule has 2 rings (SSSR count). The number of ether oxygens (including phenoxy) is 1. The van der Waals surface area contributed by atoms with Crippen molar-refractivity contribution in [3.05, 3.63) is 23.3 Å². The van der Waals surface area contributed by atoms with Gasteiger partial charge >= 0.3 is 7.12 Å². The molecule has 1 saturated carbocycles. The molecule has 0 aromatic rings. The average molecular weight is 334 g/mol. The van der Waals surface area contributed by atoms with Crippen LogP contribution in [0.1, 0.15) is 53.9 Å². The van der Waals surface area contributed by atoms with Crippen LogP contribution in [0.15, 0.2) is 28.3 Å². The van der Waals surface area contributed by atoms with Crippen LogP contribution in [0.2, 0.25) is 0 Å². The van der Waals surface area contributed by atoms with Crippen LogP contribution in [-0.4, -0.2) is 43.8 Å². The lowest BCUT2D eigenvalue weighted by atomic mass is 9.75. The van der Waals surface area contributed by atoms with Crippen LogP contribution in [0.5, 0.6) is 0 Å². The van der Waals surface area contributed by atoms with Gasteiger partial charge in [-0.2, -0.15) is 0 Å². The summed E-state index contributed by atoms with van der Waals surface area (Å²) in [5.74, 6) is 0. The van der Waals surface area contributed by atoms with Crippen LogP contribution in [0, 0.1) is 0 Å². The lowest BCUT2D eigenvalue weighted by Gasteiger charge is -2.32. The predicted octanol–water partition coefficient (Wildman–Crippen LogP) is 3.05. The minimum absolute atomic E-state index is 0.258. The summed E-state index contributed by atoms with van der Waals surface area (Å²) in [5, 5.41) is 0. The molecule has 1 unspecified atom stereocenters. The first-order valence-electron chi connectivity index (χ1n) is 8.78. The molecule has 134 valence electrons. The first-order chi connectivity index (χ1) is 11.2. The fourth-order valence-corrected chi connectivity index (χ4v) is 2.48. The summed E-state index contributed by atoms with van der Waals surface area (Å²) >= 11 is 0. The summed E-state index contributed by atoms with van der Waals surface area (Å²) in [7, 11) is 1.31. The number of aliphatic imine (C=N–C) groups is 1. The molecule has 1 atom stereocenters. The van der Waals surface area contributed by atoms with Gasteiger partial charge in [0.15, 0.2) is 0 Å². The van der Waals surface area contributed by atoms with Gasteiger partial charge < -0.3 is 19.8 Å². The average Bonchev–Trinajstić information content (AvgIpc) is 3.30. The smallest absolute Gasteiger partial charge is 0.404 e. The molecule has 6 heteroatoms. The van der Waals surface area contributed by atoms with Gasteiger partial charge in [0.1, 0.15) is 6.10 Å². The van der Waals surface area contributed by atoms with Crippen molar-refractivity contribution in [2.75, 3.05) is 7.11 Å². The Morgan fingerprint density at radius 3 is 2.29 bits per heavy atom. The van der Waals surface area contributed by atoms with Crippen molar-refractivity contribution in [2.24, 2.45) is 10.7 Å². The zero-order valence-corrected chi connectivity index (χ0v) is 15.8. The van der Waals surface area contributed by atoms with E-state index in [-0.39, 0.29) is 24.4 Å². The highest BCUT2D eigenvalue weighted by Crippen LogP contribution is 2.39. The summed E-state index contributed by atoms with van der Waals surface area (Å²) in [6, 6.07) is 0.454. The molecule has 24 heavy (non-hydrogen) atoms. The number of hydrogen-bond acceptors (Lipinski definition) is 5. The van der Waals surface area contributed by atoms with Gasteiger partial charge in [-0.05, 0) is 52.4 Å². The minimum atomic E-state index is -0.364. The molecule has 0 amide bonds. The van der Waals surface area contributed by atoms with Gasteiger partial charge in [0.05, 0.1) is 17.2 Å². The summed E-state index contributed by atoms with van der Waals surface area (Å²) in [6.07, 6.45) is 8.32. The van der Waals surface area contributed by atoms with E-state index in [0.717, 1.165) is 30.3 Å². The Labute approximate surface area is 146 Å². The topological polar surface area (TPSA) is 66.1 Å². The molecule has 0 radical (unpaired) electrons. The number of hydrogen-bond donors (Lipinski definition) is 1. The second-order valence-electron chi connectivity index (χ2n) is 7.52. The van der Waals surface area contributed by atoms with E-state index in [2.05, 4.69) is 39.6 Å². The number of rotatable bonds is 7. The summed E-state index contributed by atoms with van der Waals surface area (Å²) < 4.78 is 17.9. The lowest BCUT2D eigenvalue weighted by molar-refractivity contribution is 0.00578. The SMILES string of the molecule is CC/C(=C\C(OC)/C(C=NC1CC1)=C/N)B1OC(C)(C)C(C)(C)O1. The Hall–Kier alpha value is -1.11. The number of nitrogens with zero attached hydrogens (tertiary/aromatic N) is 1. The molecule has 2 fully saturated rings. The first-order valence-corrected chi connectivity index (χ1v) is 8.78. The van der Waals surface area contributed by atoms with Crippen LogP contribution < -0.4 is 5.73 Å². The van der Waals surface area contributed by atoms with Crippen molar-refractivity contribution in [1.82, 2.24) is 0 Å². The molecule has 1 heterocycles. The van der Waals surface area contributed by atoms with E-state index >= 15 is 0 Å². The molecule has 2 N–H and O–H groups in total. The fraction of sp³-hybridized carbons (Fsp3) is 0.722. The molecule has 0 aromatic heterocycles. The van der Waals surface area contributed by atoms with E-state index in [1.165, 1.54) is 0 Å². The highest BCUT2D eigenvalue weighted by atomic mass is 16.7. The highest BCUT2D eigenvalue weighted by Gasteiger charge is 2.52. The maximum Gasteiger partial charge on any atom is 0.490 e. The summed E-state index contributed by atoms with van der Waals surface area (Å²) in [5.41, 5.74) is 6.99. The Balaban J connectivity index is 2.17. The predicted molar refractivity (Wildman–Crippen MR) is 99.0 cm³/mol. The van der Waals surface area contributed by atoms with Gasteiger partial charge in [-0.1, -0.05) is 13.0 Å². The van der Waals surface area contributed by atoms with E-state index in [1.54, 1.807) is 13.3 Å². The molecule has 1 aliphatic heterocycles. The largest absolute Gasteiger partial charge is 0.490 e. The zero-order chi connectivity index (χ0) is 18.0. The third kappa shape index (κ3) is 4.29. The molecule has 1 saturated heterocycles. The number of methoxy groups -OCH3 is 1. The highest BCUT2D eigenvalue weighted by molar-refractivity contribution is 6.54.